The molecule has 3 heterocycles. The molecule has 2 aromatic rings. The second-order valence-corrected chi connectivity index (χ2v) is 6.21. The summed E-state index contributed by atoms with van der Waals surface area (Å²) in [6.07, 6.45) is 3.95. The van der Waals surface area contributed by atoms with Gasteiger partial charge in [0.2, 0.25) is 0 Å². The molecule has 20 heavy (non-hydrogen) atoms. The third-order valence-corrected chi connectivity index (χ3v) is 4.79. The fourth-order valence-electron chi connectivity index (χ4n) is 3.53. The van der Waals surface area contributed by atoms with Crippen molar-refractivity contribution in [1.29, 1.82) is 0 Å². The van der Waals surface area contributed by atoms with Crippen LogP contribution in [0.3, 0.4) is 0 Å². The second-order valence-electron chi connectivity index (χ2n) is 5.94. The number of fused-ring (bicyclic) bond motifs is 1. The van der Waals surface area contributed by atoms with Gasteiger partial charge in [-0.3, -0.25) is 4.68 Å². The van der Waals surface area contributed by atoms with E-state index in [0.29, 0.717) is 18.0 Å². The van der Waals surface area contributed by atoms with Crippen LogP contribution in [0.25, 0.3) is 11.2 Å². The van der Waals surface area contributed by atoms with Crippen LogP contribution in [0, 0.1) is 12.8 Å². The molecule has 0 radical (unpaired) electrons. The lowest BCUT2D eigenvalue weighted by atomic mass is 10.1. The number of rotatable bonds is 3. The van der Waals surface area contributed by atoms with Gasteiger partial charge in [0.15, 0.2) is 5.65 Å². The number of aryl methyl sites for hydroxylation is 2. The van der Waals surface area contributed by atoms with Gasteiger partial charge in [-0.2, -0.15) is 5.10 Å². The smallest absolute Gasteiger partial charge is 0.159 e. The maximum Gasteiger partial charge on any atom is 0.159 e. The Morgan fingerprint density at radius 2 is 2.15 bits per heavy atom. The summed E-state index contributed by atoms with van der Waals surface area (Å²) in [6.45, 7) is 2.84. The van der Waals surface area contributed by atoms with Gasteiger partial charge in [-0.15, -0.1) is 11.6 Å². The fourth-order valence-corrected chi connectivity index (χ4v) is 3.72. The third-order valence-electron chi connectivity index (χ3n) is 4.55. The highest BCUT2D eigenvalue weighted by Gasteiger charge is 2.43. The van der Waals surface area contributed by atoms with Crippen molar-refractivity contribution >= 4 is 22.8 Å². The van der Waals surface area contributed by atoms with Gasteiger partial charge in [0.25, 0.3) is 0 Å². The van der Waals surface area contributed by atoms with Gasteiger partial charge in [-0.05, 0) is 32.1 Å². The number of aromatic nitrogens is 4. The lowest BCUT2D eigenvalue weighted by Gasteiger charge is -2.22. The van der Waals surface area contributed by atoms with Gasteiger partial charge >= 0.3 is 0 Å². The Labute approximate surface area is 122 Å². The second kappa shape index (κ2) is 4.46. The van der Waals surface area contributed by atoms with Crippen molar-refractivity contribution in [2.45, 2.75) is 44.2 Å². The molecular weight excluding hydrogens is 276 g/mol. The zero-order valence-electron chi connectivity index (χ0n) is 11.8. The summed E-state index contributed by atoms with van der Waals surface area (Å²) in [5.41, 5.74) is 3.03. The van der Waals surface area contributed by atoms with Gasteiger partial charge in [0.05, 0.1) is 23.7 Å². The molecule has 1 saturated heterocycles. The monoisotopic (exact) mass is 294 g/mol. The Kier molecular flexibility index (Phi) is 2.82. The minimum absolute atomic E-state index is 0.324. The van der Waals surface area contributed by atoms with Gasteiger partial charge in [0, 0.05) is 13.7 Å². The van der Waals surface area contributed by atoms with Crippen LogP contribution in [0.4, 0.5) is 0 Å². The molecule has 2 unspecified atom stereocenters. The first-order chi connectivity index (χ1) is 9.70. The molecule has 5 nitrogen and oxygen atoms in total. The molecule has 1 aliphatic heterocycles. The highest BCUT2D eigenvalue weighted by Crippen LogP contribution is 2.44. The molecule has 6 heteroatoms. The summed E-state index contributed by atoms with van der Waals surface area (Å²) in [5, 5.41) is 4.49. The van der Waals surface area contributed by atoms with E-state index in [1.165, 1.54) is 12.8 Å². The molecule has 2 atom stereocenters. The molecule has 108 valence electrons. The molecule has 0 amide bonds. The molecule has 1 saturated carbocycles. The summed E-state index contributed by atoms with van der Waals surface area (Å²) in [4.78, 5) is 4.70. The highest BCUT2D eigenvalue weighted by molar-refractivity contribution is 6.16. The average molecular weight is 295 g/mol. The van der Waals surface area contributed by atoms with E-state index < -0.39 is 0 Å². The molecular formula is C14H19ClN4O. The van der Waals surface area contributed by atoms with E-state index in [0.717, 1.165) is 41.6 Å². The Balaban J connectivity index is 1.88. The van der Waals surface area contributed by atoms with Crippen molar-refractivity contribution < 1.29 is 4.74 Å². The van der Waals surface area contributed by atoms with Crippen LogP contribution in [0.5, 0.6) is 0 Å². The van der Waals surface area contributed by atoms with E-state index in [1.807, 2.05) is 18.7 Å². The minimum atomic E-state index is 0.324. The van der Waals surface area contributed by atoms with Crippen LogP contribution in [0.2, 0.25) is 0 Å². The largest absolute Gasteiger partial charge is 0.376 e. The molecule has 0 aromatic carbocycles. The van der Waals surface area contributed by atoms with E-state index in [1.54, 1.807) is 0 Å². The maximum absolute atomic E-state index is 6.13. The van der Waals surface area contributed by atoms with Gasteiger partial charge < -0.3 is 9.30 Å². The normalized spacial score (nSPS) is 26.8. The molecule has 0 spiro atoms. The number of nitrogens with zero attached hydrogens (tertiary/aromatic N) is 4. The van der Waals surface area contributed by atoms with Crippen molar-refractivity contribution in [3.63, 3.8) is 0 Å². The lowest BCUT2D eigenvalue weighted by Crippen LogP contribution is -2.24. The molecule has 2 fully saturated rings. The number of hydrogen-bond acceptors (Lipinski definition) is 3. The molecule has 0 bridgehead atoms. The standard InChI is InChI=1S/C14H19ClN4O/c1-8-12-14(18(2)17-8)19(11(7-15)16-12)10-5-6-20-13(10)9-3-4-9/h9-10,13H,3-7H2,1-2H3. The number of hydrogen-bond donors (Lipinski definition) is 0. The molecule has 0 N–H and O–H groups in total. The average Bonchev–Trinajstić information content (AvgIpc) is 2.94. The van der Waals surface area contributed by atoms with Crippen LogP contribution >= 0.6 is 11.6 Å². The van der Waals surface area contributed by atoms with Crippen LogP contribution in [-0.2, 0) is 17.7 Å². The molecule has 4 rings (SSSR count). The Morgan fingerprint density at radius 3 is 2.85 bits per heavy atom. The SMILES string of the molecule is Cc1nn(C)c2c1nc(CCl)n2C1CCOC1C1CC1. The summed E-state index contributed by atoms with van der Waals surface area (Å²) in [5.74, 6) is 2.10. The van der Waals surface area contributed by atoms with E-state index >= 15 is 0 Å². The maximum atomic E-state index is 6.13. The summed E-state index contributed by atoms with van der Waals surface area (Å²) in [7, 11) is 1.98. The first-order valence-electron chi connectivity index (χ1n) is 7.28. The predicted octanol–water partition coefficient (Wildman–Crippen LogP) is 2.56. The predicted molar refractivity (Wildman–Crippen MR) is 76.9 cm³/mol. The summed E-state index contributed by atoms with van der Waals surface area (Å²) in [6, 6.07) is 0.357. The quantitative estimate of drug-likeness (QED) is 0.817. The zero-order valence-corrected chi connectivity index (χ0v) is 12.6. The number of alkyl halides is 1. The first-order valence-corrected chi connectivity index (χ1v) is 7.82. The third kappa shape index (κ3) is 1.72. The number of halogens is 1. The van der Waals surface area contributed by atoms with Crippen LogP contribution in [0.1, 0.15) is 36.8 Å². The van der Waals surface area contributed by atoms with Gasteiger partial charge in [-0.25, -0.2) is 4.98 Å². The van der Waals surface area contributed by atoms with Crippen molar-refractivity contribution in [2.24, 2.45) is 13.0 Å². The van der Waals surface area contributed by atoms with Crippen LogP contribution < -0.4 is 0 Å². The van der Waals surface area contributed by atoms with Crippen molar-refractivity contribution in [3.05, 3.63) is 11.5 Å². The van der Waals surface area contributed by atoms with Crippen LogP contribution in [-0.4, -0.2) is 32.0 Å². The summed E-state index contributed by atoms with van der Waals surface area (Å²) < 4.78 is 10.2. The number of imidazole rings is 1. The van der Waals surface area contributed by atoms with Crippen molar-refractivity contribution in [1.82, 2.24) is 19.3 Å². The lowest BCUT2D eigenvalue weighted by molar-refractivity contribution is 0.0752. The van der Waals surface area contributed by atoms with E-state index in [4.69, 9.17) is 21.3 Å². The highest BCUT2D eigenvalue weighted by atomic mass is 35.5. The van der Waals surface area contributed by atoms with E-state index in [-0.39, 0.29) is 0 Å². The van der Waals surface area contributed by atoms with Crippen molar-refractivity contribution in [2.75, 3.05) is 6.61 Å². The molecule has 2 aliphatic rings. The Bertz CT molecular complexity index is 658. The zero-order chi connectivity index (χ0) is 13.9. The molecule has 1 aliphatic carbocycles. The minimum Gasteiger partial charge on any atom is -0.376 e. The van der Waals surface area contributed by atoms with Gasteiger partial charge in [-0.1, -0.05) is 0 Å². The number of ether oxygens (including phenoxy) is 1. The van der Waals surface area contributed by atoms with E-state index in [2.05, 4.69) is 9.67 Å². The topological polar surface area (TPSA) is 44.9 Å². The fraction of sp³-hybridized carbons (Fsp3) is 0.714. The summed E-state index contributed by atoms with van der Waals surface area (Å²) >= 11 is 6.13. The molecule has 2 aromatic heterocycles. The Hall–Kier alpha value is -1.07. The Morgan fingerprint density at radius 1 is 1.35 bits per heavy atom. The first kappa shape index (κ1) is 12.7. The van der Waals surface area contributed by atoms with E-state index in [9.17, 15) is 0 Å². The van der Waals surface area contributed by atoms with Gasteiger partial charge in [0.1, 0.15) is 11.3 Å². The van der Waals surface area contributed by atoms with Crippen LogP contribution in [0.15, 0.2) is 0 Å². The van der Waals surface area contributed by atoms with Crippen molar-refractivity contribution in [3.8, 4) is 0 Å².